The van der Waals surface area contributed by atoms with Gasteiger partial charge < -0.3 is 4.74 Å². The van der Waals surface area contributed by atoms with Crippen LogP contribution in [0.1, 0.15) is 38.7 Å². The predicted molar refractivity (Wildman–Crippen MR) is 79.5 cm³/mol. The Kier molecular flexibility index (Phi) is 5.11. The van der Waals surface area contributed by atoms with Crippen LogP contribution in [0.5, 0.6) is 0 Å². The Labute approximate surface area is 128 Å². The molecule has 1 atom stereocenters. The molecule has 1 aromatic rings. The Balaban J connectivity index is 2.25. The van der Waals surface area contributed by atoms with Crippen LogP contribution in [-0.2, 0) is 9.53 Å². The second-order valence-corrected chi connectivity index (χ2v) is 5.22. The van der Waals surface area contributed by atoms with Crippen LogP contribution in [0, 0.1) is 11.6 Å². The minimum absolute atomic E-state index is 0.0563. The maximum Gasteiger partial charge on any atom is 0.333 e. The molecule has 1 fully saturated rings. The summed E-state index contributed by atoms with van der Waals surface area (Å²) in [6, 6.07) is 3.91. The smallest absolute Gasteiger partial charge is 0.333 e. The van der Waals surface area contributed by atoms with Gasteiger partial charge in [-0.25, -0.2) is 13.6 Å². The van der Waals surface area contributed by atoms with E-state index in [0.29, 0.717) is 26.0 Å². The highest BCUT2D eigenvalue weighted by Gasteiger charge is 2.47. The lowest BCUT2D eigenvalue weighted by molar-refractivity contribution is -0.156. The molecule has 6 heteroatoms. The normalized spacial score (nSPS) is 21.5. The van der Waals surface area contributed by atoms with E-state index in [4.69, 9.17) is 4.74 Å². The number of nitrogens with zero attached hydrogens (tertiary/aromatic N) is 2. The van der Waals surface area contributed by atoms with Crippen molar-refractivity contribution in [2.45, 2.75) is 38.6 Å². The third kappa shape index (κ3) is 2.96. The van der Waals surface area contributed by atoms with E-state index in [0.717, 1.165) is 12.5 Å². The maximum atomic E-state index is 13.7. The van der Waals surface area contributed by atoms with Gasteiger partial charge in [-0.1, -0.05) is 19.1 Å². The van der Waals surface area contributed by atoms with Crippen molar-refractivity contribution in [2.24, 2.45) is 5.10 Å². The van der Waals surface area contributed by atoms with Gasteiger partial charge in [-0.05, 0) is 32.3 Å². The molecule has 0 saturated carbocycles. The van der Waals surface area contributed by atoms with Gasteiger partial charge in [0, 0.05) is 12.1 Å². The van der Waals surface area contributed by atoms with E-state index in [-0.39, 0.29) is 11.5 Å². The van der Waals surface area contributed by atoms with Gasteiger partial charge in [-0.3, -0.25) is 5.01 Å². The highest BCUT2D eigenvalue weighted by atomic mass is 19.2. The summed E-state index contributed by atoms with van der Waals surface area (Å²) in [5, 5.41) is 5.86. The molecule has 0 aromatic heterocycles. The Morgan fingerprint density at radius 1 is 1.45 bits per heavy atom. The van der Waals surface area contributed by atoms with E-state index in [1.807, 2.05) is 6.92 Å². The van der Waals surface area contributed by atoms with Gasteiger partial charge >= 0.3 is 5.97 Å². The van der Waals surface area contributed by atoms with Gasteiger partial charge in [0.25, 0.3) is 0 Å². The molecule has 0 N–H and O–H groups in total. The van der Waals surface area contributed by atoms with Gasteiger partial charge in [0.15, 0.2) is 17.2 Å². The Morgan fingerprint density at radius 3 is 2.91 bits per heavy atom. The summed E-state index contributed by atoms with van der Waals surface area (Å²) < 4.78 is 32.0. The fourth-order valence-corrected chi connectivity index (χ4v) is 2.76. The minimum Gasteiger partial charge on any atom is -0.464 e. The van der Waals surface area contributed by atoms with Crippen LogP contribution >= 0.6 is 0 Å². The monoisotopic (exact) mass is 310 g/mol. The van der Waals surface area contributed by atoms with Crippen LogP contribution < -0.4 is 0 Å². The highest BCUT2D eigenvalue weighted by Crippen LogP contribution is 2.34. The molecular formula is C16H20F2N2O2. The van der Waals surface area contributed by atoms with E-state index < -0.39 is 17.2 Å². The summed E-state index contributed by atoms with van der Waals surface area (Å²) in [4.78, 5) is 12.3. The second kappa shape index (κ2) is 6.85. The van der Waals surface area contributed by atoms with Crippen molar-refractivity contribution in [1.29, 1.82) is 0 Å². The molecule has 1 saturated heterocycles. The standard InChI is InChI=1S/C16H20F2N2O2/c1-3-16(15(21)22-4-2)9-6-10-20(16)19-11-12-7-5-8-13(17)14(12)18/h5,7-8,11H,3-4,6,9-10H2,1-2H3/t16-/m1/s1. The SMILES string of the molecule is CCOC(=O)[C@@]1(CC)CCCN1N=Cc1cccc(F)c1F. The lowest BCUT2D eigenvalue weighted by Gasteiger charge is -2.33. The molecule has 120 valence electrons. The summed E-state index contributed by atoms with van der Waals surface area (Å²) in [5.74, 6) is -2.17. The first kappa shape index (κ1) is 16.4. The van der Waals surface area contributed by atoms with Gasteiger partial charge in [0.2, 0.25) is 0 Å². The zero-order valence-corrected chi connectivity index (χ0v) is 12.8. The van der Waals surface area contributed by atoms with Crippen molar-refractivity contribution < 1.29 is 18.3 Å². The predicted octanol–water partition coefficient (Wildman–Crippen LogP) is 3.11. The molecule has 0 amide bonds. The number of hydrogen-bond donors (Lipinski definition) is 0. The number of halogens is 2. The maximum absolute atomic E-state index is 13.7. The zero-order valence-electron chi connectivity index (χ0n) is 12.8. The lowest BCUT2D eigenvalue weighted by atomic mass is 9.94. The third-order valence-electron chi connectivity index (χ3n) is 4.01. The fraction of sp³-hybridized carbons (Fsp3) is 0.500. The number of carbonyl (C=O) groups excluding carboxylic acids is 1. The molecule has 22 heavy (non-hydrogen) atoms. The van der Waals surface area contributed by atoms with Crippen molar-refractivity contribution in [1.82, 2.24) is 5.01 Å². The molecule has 0 radical (unpaired) electrons. The van der Waals surface area contributed by atoms with Crippen LogP contribution in [0.25, 0.3) is 0 Å². The Bertz CT molecular complexity index is 577. The van der Waals surface area contributed by atoms with Crippen molar-refractivity contribution in [2.75, 3.05) is 13.2 Å². The number of ether oxygens (including phenoxy) is 1. The van der Waals surface area contributed by atoms with Crippen LogP contribution in [0.3, 0.4) is 0 Å². The quantitative estimate of drug-likeness (QED) is 0.620. The van der Waals surface area contributed by atoms with Gasteiger partial charge in [-0.2, -0.15) is 5.10 Å². The third-order valence-corrected chi connectivity index (χ3v) is 4.01. The van der Waals surface area contributed by atoms with E-state index in [1.165, 1.54) is 18.3 Å². The molecular weight excluding hydrogens is 290 g/mol. The van der Waals surface area contributed by atoms with Crippen molar-refractivity contribution in [3.63, 3.8) is 0 Å². The topological polar surface area (TPSA) is 41.9 Å². The first-order valence-corrected chi connectivity index (χ1v) is 7.48. The van der Waals surface area contributed by atoms with Crippen molar-refractivity contribution in [3.05, 3.63) is 35.4 Å². The average molecular weight is 310 g/mol. The molecule has 0 unspecified atom stereocenters. The molecule has 2 rings (SSSR count). The summed E-state index contributed by atoms with van der Waals surface area (Å²) in [5.41, 5.74) is -0.753. The molecule has 0 aliphatic carbocycles. The summed E-state index contributed by atoms with van der Waals surface area (Å²) >= 11 is 0. The van der Waals surface area contributed by atoms with Crippen LogP contribution in [0.2, 0.25) is 0 Å². The lowest BCUT2D eigenvalue weighted by Crippen LogP contribution is -2.48. The summed E-state index contributed by atoms with van der Waals surface area (Å²) in [6.45, 7) is 4.54. The number of esters is 1. The van der Waals surface area contributed by atoms with Crippen molar-refractivity contribution >= 4 is 12.2 Å². The zero-order chi connectivity index (χ0) is 16.2. The summed E-state index contributed by atoms with van der Waals surface area (Å²) in [6.07, 6.45) is 3.25. The van der Waals surface area contributed by atoms with Crippen molar-refractivity contribution in [3.8, 4) is 0 Å². The first-order chi connectivity index (χ1) is 10.5. The van der Waals surface area contributed by atoms with E-state index in [1.54, 1.807) is 11.9 Å². The van der Waals surface area contributed by atoms with Crippen LogP contribution in [-0.4, -0.2) is 35.9 Å². The highest BCUT2D eigenvalue weighted by molar-refractivity contribution is 5.83. The van der Waals surface area contributed by atoms with Crippen LogP contribution in [0.4, 0.5) is 8.78 Å². The molecule has 4 nitrogen and oxygen atoms in total. The van der Waals surface area contributed by atoms with Gasteiger partial charge in [0.1, 0.15) is 0 Å². The first-order valence-electron chi connectivity index (χ1n) is 7.48. The molecule has 1 aliphatic heterocycles. The molecule has 0 bridgehead atoms. The fourth-order valence-electron chi connectivity index (χ4n) is 2.76. The second-order valence-electron chi connectivity index (χ2n) is 5.22. The Hall–Kier alpha value is -1.98. The van der Waals surface area contributed by atoms with E-state index >= 15 is 0 Å². The largest absolute Gasteiger partial charge is 0.464 e. The minimum atomic E-state index is -0.941. The average Bonchev–Trinajstić information content (AvgIpc) is 2.93. The Morgan fingerprint density at radius 2 is 2.23 bits per heavy atom. The summed E-state index contributed by atoms with van der Waals surface area (Å²) in [7, 11) is 0. The number of hydrogen-bond acceptors (Lipinski definition) is 4. The van der Waals surface area contributed by atoms with E-state index in [9.17, 15) is 13.6 Å². The van der Waals surface area contributed by atoms with Gasteiger partial charge in [0.05, 0.1) is 12.8 Å². The van der Waals surface area contributed by atoms with Gasteiger partial charge in [-0.15, -0.1) is 0 Å². The number of carbonyl (C=O) groups is 1. The molecule has 0 spiro atoms. The molecule has 1 aromatic carbocycles. The molecule has 1 heterocycles. The molecule has 1 aliphatic rings. The van der Waals surface area contributed by atoms with E-state index in [2.05, 4.69) is 5.10 Å². The van der Waals surface area contributed by atoms with Crippen LogP contribution in [0.15, 0.2) is 23.3 Å². The number of benzene rings is 1. The number of hydrazone groups is 1. The number of rotatable bonds is 5.